The number of para-hydroxylation sites is 3. The number of aromatic nitrogens is 2. The second-order valence-corrected chi connectivity index (χ2v) is 8.30. The third-order valence-corrected chi connectivity index (χ3v) is 6.04. The quantitative estimate of drug-likeness (QED) is 0.258. The average Bonchev–Trinajstić information content (AvgIpc) is 3.18. The molecule has 1 atom stereocenters. The van der Waals surface area contributed by atoms with E-state index in [0.29, 0.717) is 19.1 Å². The van der Waals surface area contributed by atoms with Gasteiger partial charge < -0.3 is 14.0 Å². The molecular weight excluding hydrogens is 396 g/mol. The first-order chi connectivity index (χ1) is 15.7. The van der Waals surface area contributed by atoms with Crippen LogP contribution in [-0.2, 0) is 13.2 Å². The molecule has 0 radical (unpaired) electrons. The molecule has 1 heterocycles. The largest absolute Gasteiger partial charge is 0.494 e. The first-order valence-electron chi connectivity index (χ1n) is 11.5. The van der Waals surface area contributed by atoms with Crippen LogP contribution < -0.4 is 9.47 Å². The van der Waals surface area contributed by atoms with E-state index in [4.69, 9.17) is 14.5 Å². The van der Waals surface area contributed by atoms with Crippen molar-refractivity contribution in [2.75, 3.05) is 6.61 Å². The molecule has 4 heteroatoms. The van der Waals surface area contributed by atoms with E-state index in [1.807, 2.05) is 24.3 Å². The van der Waals surface area contributed by atoms with Crippen molar-refractivity contribution >= 4 is 11.0 Å². The highest BCUT2D eigenvalue weighted by Gasteiger charge is 2.12. The van der Waals surface area contributed by atoms with Gasteiger partial charge >= 0.3 is 0 Å². The third kappa shape index (κ3) is 5.13. The number of nitrogens with zero attached hydrogens (tertiary/aromatic N) is 2. The van der Waals surface area contributed by atoms with Crippen LogP contribution >= 0.6 is 0 Å². The van der Waals surface area contributed by atoms with Crippen molar-refractivity contribution < 1.29 is 9.47 Å². The summed E-state index contributed by atoms with van der Waals surface area (Å²) in [5.41, 5.74) is 4.62. The van der Waals surface area contributed by atoms with Gasteiger partial charge in [-0.1, -0.05) is 56.3 Å². The van der Waals surface area contributed by atoms with Crippen LogP contribution in [0, 0.1) is 6.92 Å². The molecule has 0 fully saturated rings. The van der Waals surface area contributed by atoms with Crippen molar-refractivity contribution in [3.05, 3.63) is 89.7 Å². The van der Waals surface area contributed by atoms with Crippen molar-refractivity contribution in [2.24, 2.45) is 0 Å². The molecule has 0 N–H and O–H groups in total. The zero-order chi connectivity index (χ0) is 22.3. The Morgan fingerprint density at radius 3 is 2.44 bits per heavy atom. The van der Waals surface area contributed by atoms with Crippen LogP contribution in [-0.4, -0.2) is 16.2 Å². The van der Waals surface area contributed by atoms with Crippen LogP contribution in [0.25, 0.3) is 11.0 Å². The van der Waals surface area contributed by atoms with Gasteiger partial charge in [0, 0.05) is 6.54 Å². The molecule has 4 nitrogen and oxygen atoms in total. The minimum Gasteiger partial charge on any atom is -0.494 e. The molecule has 0 aliphatic carbocycles. The van der Waals surface area contributed by atoms with Crippen molar-refractivity contribution in [1.82, 2.24) is 9.55 Å². The van der Waals surface area contributed by atoms with E-state index in [0.717, 1.165) is 53.3 Å². The van der Waals surface area contributed by atoms with Gasteiger partial charge in [-0.15, -0.1) is 0 Å². The van der Waals surface area contributed by atoms with E-state index in [-0.39, 0.29) is 0 Å². The maximum Gasteiger partial charge on any atom is 0.148 e. The molecule has 3 aromatic carbocycles. The Morgan fingerprint density at radius 2 is 1.66 bits per heavy atom. The number of hydrogen-bond acceptors (Lipinski definition) is 3. The van der Waals surface area contributed by atoms with Crippen molar-refractivity contribution in [2.45, 2.75) is 52.7 Å². The topological polar surface area (TPSA) is 36.3 Å². The number of imidazole rings is 1. The van der Waals surface area contributed by atoms with E-state index in [1.54, 1.807) is 0 Å². The number of benzene rings is 3. The van der Waals surface area contributed by atoms with Gasteiger partial charge in [0.25, 0.3) is 0 Å². The Morgan fingerprint density at radius 1 is 0.906 bits per heavy atom. The number of fused-ring (bicyclic) bond motifs is 1. The first kappa shape index (κ1) is 21.9. The van der Waals surface area contributed by atoms with Crippen molar-refractivity contribution in [1.29, 1.82) is 0 Å². The molecule has 4 aromatic rings. The number of ether oxygens (including phenoxy) is 2. The van der Waals surface area contributed by atoms with Crippen LogP contribution in [0.3, 0.4) is 0 Å². The highest BCUT2D eigenvalue weighted by molar-refractivity contribution is 5.75. The summed E-state index contributed by atoms with van der Waals surface area (Å²) in [6, 6.07) is 24.8. The average molecular weight is 429 g/mol. The van der Waals surface area contributed by atoms with E-state index >= 15 is 0 Å². The van der Waals surface area contributed by atoms with Gasteiger partial charge in [0.1, 0.15) is 23.9 Å². The first-order valence-corrected chi connectivity index (χ1v) is 11.5. The fourth-order valence-corrected chi connectivity index (χ4v) is 3.89. The summed E-state index contributed by atoms with van der Waals surface area (Å²) < 4.78 is 14.4. The summed E-state index contributed by atoms with van der Waals surface area (Å²) in [6.07, 6.45) is 2.04. The fourth-order valence-electron chi connectivity index (χ4n) is 3.89. The third-order valence-electron chi connectivity index (χ3n) is 6.04. The Kier molecular flexibility index (Phi) is 7.10. The Labute approximate surface area is 190 Å². The monoisotopic (exact) mass is 428 g/mol. The predicted molar refractivity (Wildman–Crippen MR) is 131 cm³/mol. The SMILES string of the molecule is CCC(C)c1ccc(OCCCn2c(COc3ccccc3C)nc3ccccc32)cc1. The Balaban J connectivity index is 1.39. The molecule has 1 aromatic heterocycles. The fraction of sp³-hybridized carbons (Fsp3) is 0.321. The lowest BCUT2D eigenvalue weighted by Crippen LogP contribution is -2.10. The second kappa shape index (κ2) is 10.4. The summed E-state index contributed by atoms with van der Waals surface area (Å²) in [5.74, 6) is 3.34. The lowest BCUT2D eigenvalue weighted by atomic mass is 9.99. The lowest BCUT2D eigenvalue weighted by molar-refractivity contribution is 0.279. The van der Waals surface area contributed by atoms with E-state index in [1.165, 1.54) is 5.56 Å². The maximum atomic E-state index is 6.09. The molecule has 0 amide bonds. The van der Waals surface area contributed by atoms with Gasteiger partial charge in [0.05, 0.1) is 17.6 Å². The molecule has 0 saturated heterocycles. The zero-order valence-electron chi connectivity index (χ0n) is 19.3. The highest BCUT2D eigenvalue weighted by Crippen LogP contribution is 2.23. The molecule has 32 heavy (non-hydrogen) atoms. The molecule has 0 saturated carbocycles. The Bertz CT molecular complexity index is 1150. The summed E-state index contributed by atoms with van der Waals surface area (Å²) >= 11 is 0. The predicted octanol–water partition coefficient (Wildman–Crippen LogP) is 6.91. The standard InChI is InChI=1S/C28H32N2O2/c1-4-21(2)23-14-16-24(17-15-23)31-19-9-18-30-26-12-7-6-11-25(26)29-28(30)20-32-27-13-8-5-10-22(27)3/h5-8,10-17,21H,4,9,18-20H2,1-3H3. The Hall–Kier alpha value is -3.27. The van der Waals surface area contributed by atoms with Gasteiger partial charge in [0.2, 0.25) is 0 Å². The zero-order valence-corrected chi connectivity index (χ0v) is 19.3. The number of hydrogen-bond donors (Lipinski definition) is 0. The minimum absolute atomic E-state index is 0.442. The summed E-state index contributed by atoms with van der Waals surface area (Å²) in [4.78, 5) is 4.83. The summed E-state index contributed by atoms with van der Waals surface area (Å²) in [6.45, 7) is 8.47. The van der Waals surface area contributed by atoms with Crippen molar-refractivity contribution in [3.8, 4) is 11.5 Å². The molecular formula is C28H32N2O2. The van der Waals surface area contributed by atoms with Crippen LogP contribution in [0.15, 0.2) is 72.8 Å². The normalized spacial score (nSPS) is 12.1. The van der Waals surface area contributed by atoms with Gasteiger partial charge in [-0.05, 0) is 67.1 Å². The van der Waals surface area contributed by atoms with Crippen LogP contribution in [0.2, 0.25) is 0 Å². The molecule has 166 valence electrons. The molecule has 1 unspecified atom stereocenters. The van der Waals surface area contributed by atoms with E-state index in [9.17, 15) is 0 Å². The molecule has 0 aliphatic rings. The van der Waals surface area contributed by atoms with Crippen LogP contribution in [0.5, 0.6) is 11.5 Å². The highest BCUT2D eigenvalue weighted by atomic mass is 16.5. The summed E-state index contributed by atoms with van der Waals surface area (Å²) in [7, 11) is 0. The smallest absolute Gasteiger partial charge is 0.148 e. The van der Waals surface area contributed by atoms with Crippen LogP contribution in [0.4, 0.5) is 0 Å². The van der Waals surface area contributed by atoms with Gasteiger partial charge in [-0.2, -0.15) is 0 Å². The molecule has 0 aliphatic heterocycles. The van der Waals surface area contributed by atoms with Crippen molar-refractivity contribution in [3.63, 3.8) is 0 Å². The number of aryl methyl sites for hydroxylation is 2. The van der Waals surface area contributed by atoms with Gasteiger partial charge in [0.15, 0.2) is 0 Å². The van der Waals surface area contributed by atoms with Crippen LogP contribution in [0.1, 0.15) is 49.6 Å². The van der Waals surface area contributed by atoms with Gasteiger partial charge in [-0.25, -0.2) is 4.98 Å². The second-order valence-electron chi connectivity index (χ2n) is 8.30. The van der Waals surface area contributed by atoms with E-state index < -0.39 is 0 Å². The van der Waals surface area contributed by atoms with Gasteiger partial charge in [-0.3, -0.25) is 0 Å². The lowest BCUT2D eigenvalue weighted by Gasteiger charge is -2.13. The number of rotatable bonds is 10. The minimum atomic E-state index is 0.442. The summed E-state index contributed by atoms with van der Waals surface area (Å²) in [5, 5.41) is 0. The molecule has 4 rings (SSSR count). The molecule has 0 spiro atoms. The molecule has 0 bridgehead atoms. The maximum absolute atomic E-state index is 6.09. The van der Waals surface area contributed by atoms with E-state index in [2.05, 4.69) is 73.9 Å².